The number of nitrogens with one attached hydrogen (secondary N) is 1. The van der Waals surface area contributed by atoms with Crippen molar-refractivity contribution < 1.29 is 19.6 Å². The fourth-order valence-corrected chi connectivity index (χ4v) is 4.31. The predicted octanol–water partition coefficient (Wildman–Crippen LogP) is 0.618. The molecular weight excluding hydrogens is 419 g/mol. The minimum absolute atomic E-state index is 0.191. The number of nitrogens with two attached hydrogens (primary N) is 1. The van der Waals surface area contributed by atoms with Crippen LogP contribution in [-0.2, 0) is 6.54 Å². The zero-order valence-corrected chi connectivity index (χ0v) is 18.5. The molecule has 0 atom stereocenters. The summed E-state index contributed by atoms with van der Waals surface area (Å²) in [6, 6.07) is 16.3. The minimum Gasteiger partial charge on any atom is -0.423 e. The summed E-state index contributed by atoms with van der Waals surface area (Å²) < 4.78 is 0. The highest BCUT2D eigenvalue weighted by Gasteiger charge is 2.32. The van der Waals surface area contributed by atoms with E-state index in [4.69, 9.17) is 5.73 Å². The van der Waals surface area contributed by atoms with E-state index >= 15 is 0 Å². The van der Waals surface area contributed by atoms with E-state index in [1.807, 2.05) is 37.4 Å². The number of imide groups is 1. The highest BCUT2D eigenvalue weighted by molar-refractivity contribution is 6.59. The van der Waals surface area contributed by atoms with Crippen LogP contribution in [0.15, 0.2) is 54.6 Å². The molecule has 33 heavy (non-hydrogen) atoms. The number of benzene rings is 3. The van der Waals surface area contributed by atoms with E-state index in [0.717, 1.165) is 16.6 Å². The number of carbonyl (C=O) groups excluding carboxylic acids is 2. The van der Waals surface area contributed by atoms with Gasteiger partial charge in [-0.3, -0.25) is 14.5 Å². The topological polar surface area (TPSA) is 119 Å². The first-order valence-electron chi connectivity index (χ1n) is 10.9. The van der Waals surface area contributed by atoms with E-state index in [9.17, 15) is 19.6 Å². The van der Waals surface area contributed by atoms with Gasteiger partial charge < -0.3 is 26.0 Å². The van der Waals surface area contributed by atoms with Crippen LogP contribution in [0, 0.1) is 0 Å². The zero-order valence-electron chi connectivity index (χ0n) is 18.5. The van der Waals surface area contributed by atoms with Crippen molar-refractivity contribution in [2.75, 3.05) is 38.5 Å². The number of anilines is 1. The first-order chi connectivity index (χ1) is 15.9. The molecule has 0 fully saturated rings. The number of carbonyl (C=O) groups is 2. The number of rotatable bonds is 9. The fraction of sp³-hybridized carbons (Fsp3) is 0.250. The Hall–Kier alpha value is -3.24. The van der Waals surface area contributed by atoms with Crippen LogP contribution < -0.4 is 16.5 Å². The summed E-state index contributed by atoms with van der Waals surface area (Å²) in [4.78, 5) is 29.0. The standard InChI is InChI=1S/C24H27BN4O4/c1-28(15-16-5-2-3-8-20(16)25(32)33)14-12-27-21-10-9-19-22-17(21)6-4-7-18(22)23(30)29(13-11-26)24(19)31/h2-10,27,32-33H,11-15,26H2,1H3. The van der Waals surface area contributed by atoms with Gasteiger partial charge in [0.15, 0.2) is 0 Å². The second kappa shape index (κ2) is 9.72. The Morgan fingerprint density at radius 3 is 2.45 bits per heavy atom. The van der Waals surface area contributed by atoms with Gasteiger partial charge in [-0.15, -0.1) is 0 Å². The summed E-state index contributed by atoms with van der Waals surface area (Å²) in [5, 5.41) is 24.0. The molecule has 0 bridgehead atoms. The van der Waals surface area contributed by atoms with Crippen molar-refractivity contribution in [1.82, 2.24) is 9.80 Å². The first kappa shape index (κ1) is 22.9. The largest absolute Gasteiger partial charge is 0.488 e. The Kier molecular flexibility index (Phi) is 6.76. The average Bonchev–Trinajstić information content (AvgIpc) is 2.81. The number of likely N-dealkylation sites (N-methyl/N-ethyl adjacent to an activating group) is 1. The van der Waals surface area contributed by atoms with Crippen LogP contribution in [0.25, 0.3) is 10.8 Å². The van der Waals surface area contributed by atoms with Gasteiger partial charge in [-0.25, -0.2) is 0 Å². The fourth-order valence-electron chi connectivity index (χ4n) is 4.31. The smallest absolute Gasteiger partial charge is 0.423 e. The quantitative estimate of drug-likeness (QED) is 0.281. The molecule has 3 aromatic rings. The van der Waals surface area contributed by atoms with E-state index in [1.54, 1.807) is 24.3 Å². The number of amides is 2. The van der Waals surface area contributed by atoms with Crippen molar-refractivity contribution in [1.29, 1.82) is 0 Å². The third-order valence-corrected chi connectivity index (χ3v) is 5.93. The zero-order chi connectivity index (χ0) is 23.5. The molecule has 0 spiro atoms. The van der Waals surface area contributed by atoms with E-state index < -0.39 is 7.12 Å². The third-order valence-electron chi connectivity index (χ3n) is 5.93. The van der Waals surface area contributed by atoms with Gasteiger partial charge in [0.1, 0.15) is 0 Å². The van der Waals surface area contributed by atoms with Crippen molar-refractivity contribution in [3.63, 3.8) is 0 Å². The lowest BCUT2D eigenvalue weighted by Crippen LogP contribution is -2.43. The summed E-state index contributed by atoms with van der Waals surface area (Å²) in [6.07, 6.45) is 0. The predicted molar refractivity (Wildman–Crippen MR) is 129 cm³/mol. The normalized spacial score (nSPS) is 13.2. The lowest BCUT2D eigenvalue weighted by molar-refractivity contribution is 0.0615. The molecule has 0 saturated heterocycles. The van der Waals surface area contributed by atoms with Crippen LogP contribution in [0.4, 0.5) is 5.69 Å². The Morgan fingerprint density at radius 1 is 1.00 bits per heavy atom. The van der Waals surface area contributed by atoms with Gasteiger partial charge in [0.05, 0.1) is 0 Å². The van der Waals surface area contributed by atoms with E-state index in [0.29, 0.717) is 41.6 Å². The molecule has 0 unspecified atom stereocenters. The molecule has 1 aliphatic heterocycles. The summed E-state index contributed by atoms with van der Waals surface area (Å²) in [6.45, 7) is 2.30. The van der Waals surface area contributed by atoms with Gasteiger partial charge in [0, 0.05) is 60.3 Å². The van der Waals surface area contributed by atoms with Crippen LogP contribution in [0.1, 0.15) is 26.3 Å². The average molecular weight is 446 g/mol. The maximum absolute atomic E-state index is 12.9. The highest BCUT2D eigenvalue weighted by atomic mass is 16.4. The Balaban J connectivity index is 1.49. The molecule has 0 radical (unpaired) electrons. The molecule has 1 aliphatic rings. The summed E-state index contributed by atoms with van der Waals surface area (Å²) in [5.41, 5.74) is 8.82. The second-order valence-electron chi connectivity index (χ2n) is 8.18. The molecule has 170 valence electrons. The molecule has 0 saturated carbocycles. The maximum Gasteiger partial charge on any atom is 0.488 e. The molecule has 0 aliphatic carbocycles. The molecular formula is C24H27BN4O4. The van der Waals surface area contributed by atoms with Gasteiger partial charge in [-0.1, -0.05) is 36.4 Å². The lowest BCUT2D eigenvalue weighted by Gasteiger charge is -2.27. The summed E-state index contributed by atoms with van der Waals surface area (Å²) >= 11 is 0. The lowest BCUT2D eigenvalue weighted by atomic mass is 9.77. The number of hydrogen-bond donors (Lipinski definition) is 4. The van der Waals surface area contributed by atoms with Crippen LogP contribution in [-0.4, -0.2) is 72.0 Å². The van der Waals surface area contributed by atoms with Gasteiger partial charge >= 0.3 is 7.12 Å². The Bertz CT molecular complexity index is 1180. The number of hydrogen-bond acceptors (Lipinski definition) is 7. The molecule has 1 heterocycles. The molecule has 9 heteroatoms. The van der Waals surface area contributed by atoms with Crippen LogP contribution in [0.5, 0.6) is 0 Å². The van der Waals surface area contributed by atoms with Crippen LogP contribution in [0.3, 0.4) is 0 Å². The summed E-state index contributed by atoms with van der Waals surface area (Å²) in [5.74, 6) is -0.629. The van der Waals surface area contributed by atoms with Crippen molar-refractivity contribution in [3.8, 4) is 0 Å². The Morgan fingerprint density at radius 2 is 1.73 bits per heavy atom. The van der Waals surface area contributed by atoms with Gasteiger partial charge in [-0.2, -0.15) is 0 Å². The molecule has 8 nitrogen and oxygen atoms in total. The van der Waals surface area contributed by atoms with Gasteiger partial charge in [-0.05, 0) is 36.3 Å². The third kappa shape index (κ3) is 4.49. The summed E-state index contributed by atoms with van der Waals surface area (Å²) in [7, 11) is 0.458. The van der Waals surface area contributed by atoms with Crippen molar-refractivity contribution in [2.24, 2.45) is 5.73 Å². The van der Waals surface area contributed by atoms with Gasteiger partial charge in [0.2, 0.25) is 0 Å². The molecule has 2 amide bonds. The molecule has 5 N–H and O–H groups in total. The van der Waals surface area contributed by atoms with E-state index in [-0.39, 0.29) is 24.9 Å². The molecule has 0 aromatic heterocycles. The SMILES string of the molecule is CN(CCNc1ccc2c3c(cccc13)C(=O)N(CCN)C2=O)Cc1ccccc1B(O)O. The minimum atomic E-state index is -1.50. The molecule has 4 rings (SSSR count). The van der Waals surface area contributed by atoms with E-state index in [1.165, 1.54) is 4.90 Å². The Labute approximate surface area is 192 Å². The number of nitrogens with zero attached hydrogens (tertiary/aromatic N) is 2. The maximum atomic E-state index is 12.9. The van der Waals surface area contributed by atoms with Crippen molar-refractivity contribution >= 4 is 40.9 Å². The van der Waals surface area contributed by atoms with E-state index in [2.05, 4.69) is 10.2 Å². The highest BCUT2D eigenvalue weighted by Crippen LogP contribution is 2.34. The van der Waals surface area contributed by atoms with Crippen LogP contribution >= 0.6 is 0 Å². The molecule has 3 aromatic carbocycles. The van der Waals surface area contributed by atoms with Crippen LogP contribution in [0.2, 0.25) is 0 Å². The van der Waals surface area contributed by atoms with Crippen molar-refractivity contribution in [3.05, 3.63) is 71.3 Å². The monoisotopic (exact) mass is 446 g/mol. The van der Waals surface area contributed by atoms with Crippen molar-refractivity contribution in [2.45, 2.75) is 6.54 Å². The second-order valence-corrected chi connectivity index (χ2v) is 8.18. The first-order valence-corrected chi connectivity index (χ1v) is 10.9. The van der Waals surface area contributed by atoms with Gasteiger partial charge in [0.25, 0.3) is 11.8 Å².